The molecule has 1 aromatic rings. The SMILES string of the molecule is COc1ccc(N2CC(C(=O)NC3CCCCN3C3C(=O)CSC3=O)CC2=O)cc1. The maximum absolute atomic E-state index is 12.9. The number of hydrogen-bond donors (Lipinski definition) is 1. The first kappa shape index (κ1) is 20.9. The number of piperidine rings is 1. The van der Waals surface area contributed by atoms with E-state index in [1.807, 2.05) is 4.90 Å². The van der Waals surface area contributed by atoms with Crippen LogP contribution in [0.15, 0.2) is 24.3 Å². The molecule has 0 radical (unpaired) electrons. The van der Waals surface area contributed by atoms with Crippen molar-refractivity contribution in [3.63, 3.8) is 0 Å². The summed E-state index contributed by atoms with van der Waals surface area (Å²) < 4.78 is 5.15. The molecule has 0 spiro atoms. The Labute approximate surface area is 179 Å². The van der Waals surface area contributed by atoms with E-state index >= 15 is 0 Å². The molecule has 4 rings (SSSR count). The molecule has 2 amide bonds. The minimum atomic E-state index is -0.762. The molecule has 3 fully saturated rings. The number of thioether (sulfide) groups is 1. The predicted molar refractivity (Wildman–Crippen MR) is 112 cm³/mol. The number of Topliss-reactive ketones (excluding diaryl/α,β-unsaturated/α-hetero) is 1. The van der Waals surface area contributed by atoms with E-state index in [-0.39, 0.29) is 41.1 Å². The van der Waals surface area contributed by atoms with Gasteiger partial charge in [0.05, 0.1) is 24.9 Å². The highest BCUT2D eigenvalue weighted by atomic mass is 32.2. The average Bonchev–Trinajstić information content (AvgIpc) is 3.30. The number of amides is 2. The topological polar surface area (TPSA) is 96.0 Å². The fourth-order valence-electron chi connectivity index (χ4n) is 4.35. The summed E-state index contributed by atoms with van der Waals surface area (Å²) in [5.41, 5.74) is 0.731. The fourth-order valence-corrected chi connectivity index (χ4v) is 5.21. The molecule has 3 atom stereocenters. The van der Waals surface area contributed by atoms with Crippen LogP contribution in [0.3, 0.4) is 0 Å². The Hall–Kier alpha value is -2.39. The van der Waals surface area contributed by atoms with Crippen molar-refractivity contribution in [3.05, 3.63) is 24.3 Å². The lowest BCUT2D eigenvalue weighted by atomic mass is 10.0. The van der Waals surface area contributed by atoms with E-state index < -0.39 is 12.0 Å². The lowest BCUT2D eigenvalue weighted by Crippen LogP contribution is -2.58. The predicted octanol–water partition coefficient (Wildman–Crippen LogP) is 1.19. The van der Waals surface area contributed by atoms with Crippen molar-refractivity contribution in [2.24, 2.45) is 5.92 Å². The summed E-state index contributed by atoms with van der Waals surface area (Å²) >= 11 is 1.05. The van der Waals surface area contributed by atoms with Crippen molar-refractivity contribution >= 4 is 40.2 Å². The summed E-state index contributed by atoms with van der Waals surface area (Å²) in [6.07, 6.45) is 2.29. The molecule has 0 aliphatic carbocycles. The minimum Gasteiger partial charge on any atom is -0.497 e. The van der Waals surface area contributed by atoms with E-state index in [0.717, 1.165) is 30.3 Å². The summed E-state index contributed by atoms with van der Waals surface area (Å²) in [6.45, 7) is 0.913. The molecule has 0 aromatic heterocycles. The van der Waals surface area contributed by atoms with Crippen molar-refractivity contribution in [1.82, 2.24) is 10.2 Å². The van der Waals surface area contributed by atoms with E-state index in [9.17, 15) is 19.2 Å². The second kappa shape index (κ2) is 8.77. The third-order valence-corrected chi connectivity index (χ3v) is 6.89. The largest absolute Gasteiger partial charge is 0.497 e. The van der Waals surface area contributed by atoms with Crippen LogP contribution < -0.4 is 15.0 Å². The number of nitrogens with zero attached hydrogens (tertiary/aromatic N) is 2. The van der Waals surface area contributed by atoms with Crippen LogP contribution in [0, 0.1) is 5.92 Å². The standard InChI is InChI=1S/C21H25N3O5S/c1-29-15-7-5-14(6-8-15)24-11-13(10-18(24)26)20(27)22-17-4-2-3-9-23(17)19-16(25)12-30-21(19)28/h5-8,13,17,19H,2-4,9-12H2,1H3,(H,22,27). The van der Waals surface area contributed by atoms with Gasteiger partial charge in [-0.3, -0.25) is 24.1 Å². The van der Waals surface area contributed by atoms with Gasteiger partial charge in [0, 0.05) is 25.2 Å². The fraction of sp³-hybridized carbons (Fsp3) is 0.524. The van der Waals surface area contributed by atoms with Gasteiger partial charge in [0.15, 0.2) is 5.78 Å². The zero-order valence-electron chi connectivity index (χ0n) is 16.8. The van der Waals surface area contributed by atoms with Crippen LogP contribution in [0.1, 0.15) is 25.7 Å². The lowest BCUT2D eigenvalue weighted by molar-refractivity contribution is -0.134. The van der Waals surface area contributed by atoms with E-state index in [1.165, 1.54) is 0 Å². The molecular formula is C21H25N3O5S. The summed E-state index contributed by atoms with van der Waals surface area (Å²) in [5.74, 6) is 0.0428. The number of rotatable bonds is 5. The van der Waals surface area contributed by atoms with Crippen molar-refractivity contribution in [1.29, 1.82) is 0 Å². The van der Waals surface area contributed by atoms with Crippen molar-refractivity contribution < 1.29 is 23.9 Å². The number of benzene rings is 1. The minimum absolute atomic E-state index is 0.0899. The van der Waals surface area contributed by atoms with Gasteiger partial charge in [0.2, 0.25) is 16.9 Å². The molecule has 1 aromatic carbocycles. The molecule has 0 saturated carbocycles. The first-order chi connectivity index (χ1) is 14.5. The highest BCUT2D eigenvalue weighted by Gasteiger charge is 2.43. The molecule has 3 heterocycles. The van der Waals surface area contributed by atoms with Gasteiger partial charge >= 0.3 is 0 Å². The van der Waals surface area contributed by atoms with Crippen molar-refractivity contribution in [2.75, 3.05) is 30.9 Å². The van der Waals surface area contributed by atoms with Crippen LogP contribution in [-0.4, -0.2) is 65.8 Å². The molecule has 30 heavy (non-hydrogen) atoms. The zero-order valence-corrected chi connectivity index (χ0v) is 17.7. The monoisotopic (exact) mass is 431 g/mol. The number of carbonyl (C=O) groups is 4. The van der Waals surface area contributed by atoms with E-state index in [4.69, 9.17) is 4.74 Å². The number of likely N-dealkylation sites (tertiary alicyclic amines) is 1. The Morgan fingerprint density at radius 3 is 2.60 bits per heavy atom. The first-order valence-electron chi connectivity index (χ1n) is 10.2. The van der Waals surface area contributed by atoms with Crippen LogP contribution >= 0.6 is 11.8 Å². The Morgan fingerprint density at radius 1 is 1.17 bits per heavy atom. The number of ketones is 1. The van der Waals surface area contributed by atoms with Gasteiger partial charge in [-0.15, -0.1) is 0 Å². The van der Waals surface area contributed by atoms with Gasteiger partial charge in [-0.25, -0.2) is 0 Å². The summed E-state index contributed by atoms with van der Waals surface area (Å²) in [6, 6.07) is 6.40. The highest BCUT2D eigenvalue weighted by molar-refractivity contribution is 8.15. The molecule has 1 N–H and O–H groups in total. The van der Waals surface area contributed by atoms with Crippen molar-refractivity contribution in [2.45, 2.75) is 37.9 Å². The Balaban J connectivity index is 1.42. The average molecular weight is 432 g/mol. The van der Waals surface area contributed by atoms with Crippen LogP contribution in [0.5, 0.6) is 5.75 Å². The number of anilines is 1. The number of carbonyl (C=O) groups excluding carboxylic acids is 4. The second-order valence-corrected chi connectivity index (χ2v) is 8.82. The molecule has 160 valence electrons. The number of methoxy groups -OCH3 is 1. The number of nitrogens with one attached hydrogen (secondary N) is 1. The highest BCUT2D eigenvalue weighted by Crippen LogP contribution is 2.29. The summed E-state index contributed by atoms with van der Waals surface area (Å²) in [5, 5.41) is 2.88. The summed E-state index contributed by atoms with van der Waals surface area (Å²) in [4.78, 5) is 53.3. The zero-order chi connectivity index (χ0) is 21.3. The molecule has 3 saturated heterocycles. The molecule has 3 aliphatic heterocycles. The van der Waals surface area contributed by atoms with Crippen LogP contribution in [-0.2, 0) is 19.2 Å². The Kier molecular flexibility index (Phi) is 6.10. The van der Waals surface area contributed by atoms with Crippen LogP contribution in [0.25, 0.3) is 0 Å². The molecule has 0 bridgehead atoms. The summed E-state index contributed by atoms with van der Waals surface area (Å²) in [7, 11) is 1.58. The van der Waals surface area contributed by atoms with Gasteiger partial charge < -0.3 is 15.0 Å². The Bertz CT molecular complexity index is 843. The van der Waals surface area contributed by atoms with Gasteiger partial charge in [0.25, 0.3) is 0 Å². The van der Waals surface area contributed by atoms with Crippen LogP contribution in [0.4, 0.5) is 5.69 Å². The van der Waals surface area contributed by atoms with Crippen molar-refractivity contribution in [3.8, 4) is 5.75 Å². The quantitative estimate of drug-likeness (QED) is 0.700. The maximum Gasteiger partial charge on any atom is 0.227 e. The normalized spacial score (nSPS) is 27.6. The van der Waals surface area contributed by atoms with Gasteiger partial charge in [0.1, 0.15) is 11.8 Å². The molecule has 3 unspecified atom stereocenters. The third kappa shape index (κ3) is 4.09. The third-order valence-electron chi connectivity index (χ3n) is 5.95. The van der Waals surface area contributed by atoms with Gasteiger partial charge in [-0.1, -0.05) is 11.8 Å². The van der Waals surface area contributed by atoms with Gasteiger partial charge in [-0.05, 0) is 43.5 Å². The van der Waals surface area contributed by atoms with E-state index in [1.54, 1.807) is 36.3 Å². The molecule has 8 nitrogen and oxygen atoms in total. The van der Waals surface area contributed by atoms with E-state index in [0.29, 0.717) is 25.3 Å². The van der Waals surface area contributed by atoms with Crippen LogP contribution in [0.2, 0.25) is 0 Å². The van der Waals surface area contributed by atoms with E-state index in [2.05, 4.69) is 5.32 Å². The molecule has 3 aliphatic rings. The maximum atomic E-state index is 12.9. The molecular weight excluding hydrogens is 406 g/mol. The lowest BCUT2D eigenvalue weighted by Gasteiger charge is -2.38. The number of ether oxygens (including phenoxy) is 1. The second-order valence-electron chi connectivity index (χ2n) is 7.84. The first-order valence-corrected chi connectivity index (χ1v) is 11.2. The molecule has 9 heteroatoms. The Morgan fingerprint density at radius 2 is 1.93 bits per heavy atom. The number of hydrogen-bond acceptors (Lipinski definition) is 7. The van der Waals surface area contributed by atoms with Gasteiger partial charge in [-0.2, -0.15) is 0 Å². The smallest absolute Gasteiger partial charge is 0.227 e.